The van der Waals surface area contributed by atoms with E-state index in [1.54, 1.807) is 11.3 Å². The molecule has 116 valence electrons. The molecule has 2 atom stereocenters. The van der Waals surface area contributed by atoms with Crippen LogP contribution in [0.4, 0.5) is 0 Å². The quantitative estimate of drug-likeness (QED) is 0.768. The minimum absolute atomic E-state index is 0.0424. The van der Waals surface area contributed by atoms with E-state index in [4.69, 9.17) is 0 Å². The lowest BCUT2D eigenvalue weighted by molar-refractivity contribution is 0.0873. The molecule has 0 aliphatic heterocycles. The Hall–Kier alpha value is -0.350. The van der Waals surface area contributed by atoms with Crippen molar-refractivity contribution < 1.29 is 4.79 Å². The summed E-state index contributed by atoms with van der Waals surface area (Å²) < 4.78 is 0. The number of aryl methyl sites for hydroxylation is 2. The topological polar surface area (TPSA) is 29.1 Å². The van der Waals surface area contributed by atoms with Gasteiger partial charge in [-0.2, -0.15) is 0 Å². The highest BCUT2D eigenvalue weighted by atomic mass is 79.9. The molecule has 1 N–H and O–H groups in total. The molecule has 1 fully saturated rings. The first kappa shape index (κ1) is 15.5. The highest BCUT2D eigenvalue weighted by Gasteiger charge is 2.36. The van der Waals surface area contributed by atoms with E-state index in [1.165, 1.54) is 36.1 Å². The van der Waals surface area contributed by atoms with Gasteiger partial charge in [0.1, 0.15) is 0 Å². The van der Waals surface area contributed by atoms with Crippen LogP contribution in [0.15, 0.2) is 6.07 Å². The molecule has 1 aromatic rings. The largest absolute Gasteiger partial charge is 0.345 e. The summed E-state index contributed by atoms with van der Waals surface area (Å²) >= 11 is 5.36. The number of alkyl halides is 1. The number of amides is 1. The molecule has 4 heteroatoms. The fourth-order valence-electron chi connectivity index (χ4n) is 3.83. The van der Waals surface area contributed by atoms with E-state index >= 15 is 0 Å². The van der Waals surface area contributed by atoms with Gasteiger partial charge in [-0.3, -0.25) is 4.79 Å². The summed E-state index contributed by atoms with van der Waals surface area (Å²) in [5.74, 6) is 0.844. The molecule has 0 aromatic carbocycles. The summed E-state index contributed by atoms with van der Waals surface area (Å²) in [6.07, 6.45) is 9.55. The van der Waals surface area contributed by atoms with Crippen LogP contribution in [0.25, 0.3) is 0 Å². The maximum Gasteiger partial charge on any atom is 0.261 e. The molecule has 0 radical (unpaired) electrons. The third-order valence-electron chi connectivity index (χ3n) is 4.95. The Morgan fingerprint density at radius 2 is 2.24 bits per heavy atom. The highest BCUT2D eigenvalue weighted by molar-refractivity contribution is 9.09. The molecule has 3 rings (SSSR count). The van der Waals surface area contributed by atoms with Crippen molar-refractivity contribution in [2.75, 3.05) is 5.33 Å². The predicted molar refractivity (Wildman–Crippen MR) is 92.6 cm³/mol. The predicted octanol–water partition coefficient (Wildman–Crippen LogP) is 4.70. The second-order valence-corrected chi connectivity index (χ2v) is 8.53. The molecule has 0 spiro atoms. The summed E-state index contributed by atoms with van der Waals surface area (Å²) in [5.41, 5.74) is 1.38. The first-order chi connectivity index (χ1) is 10.1. The van der Waals surface area contributed by atoms with Crippen molar-refractivity contribution >= 4 is 33.2 Å². The third kappa shape index (κ3) is 3.37. The van der Waals surface area contributed by atoms with Crippen molar-refractivity contribution in [2.24, 2.45) is 5.92 Å². The van der Waals surface area contributed by atoms with Gasteiger partial charge in [0.2, 0.25) is 0 Å². The summed E-state index contributed by atoms with van der Waals surface area (Å²) in [6.45, 7) is 2.30. The normalized spacial score (nSPS) is 29.0. The van der Waals surface area contributed by atoms with Crippen LogP contribution >= 0.6 is 27.3 Å². The van der Waals surface area contributed by atoms with Crippen molar-refractivity contribution in [3.63, 3.8) is 0 Å². The van der Waals surface area contributed by atoms with Crippen LogP contribution in [0.5, 0.6) is 0 Å². The van der Waals surface area contributed by atoms with E-state index in [-0.39, 0.29) is 11.4 Å². The number of hydrogen-bond acceptors (Lipinski definition) is 2. The number of carbonyl (C=O) groups is 1. The molecule has 2 nitrogen and oxygen atoms in total. The Labute approximate surface area is 139 Å². The fourth-order valence-corrected chi connectivity index (χ4v) is 5.63. The van der Waals surface area contributed by atoms with Gasteiger partial charge in [0.05, 0.1) is 10.4 Å². The number of halogens is 1. The Balaban J connectivity index is 1.74. The minimum Gasteiger partial charge on any atom is -0.345 e. The smallest absolute Gasteiger partial charge is 0.261 e. The van der Waals surface area contributed by atoms with Gasteiger partial charge >= 0.3 is 0 Å². The molecule has 0 bridgehead atoms. The first-order valence-corrected chi connectivity index (χ1v) is 10.1. The molecular formula is C17H24BrNOS. The standard InChI is InChI=1S/C17H24BrNOS/c1-12-5-4-8-17(10-12,11-18)19-16(20)15-9-13-6-2-3-7-14(13)21-15/h9,12H,2-8,10-11H2,1H3,(H,19,20). The van der Waals surface area contributed by atoms with Crippen LogP contribution in [-0.2, 0) is 12.8 Å². The van der Waals surface area contributed by atoms with Crippen LogP contribution in [-0.4, -0.2) is 16.8 Å². The lowest BCUT2D eigenvalue weighted by Gasteiger charge is -2.39. The van der Waals surface area contributed by atoms with E-state index in [1.807, 2.05) is 0 Å². The second-order valence-electron chi connectivity index (χ2n) is 6.84. The van der Waals surface area contributed by atoms with E-state index < -0.39 is 0 Å². The minimum atomic E-state index is -0.0424. The maximum absolute atomic E-state index is 12.7. The lowest BCUT2D eigenvalue weighted by atomic mass is 9.77. The van der Waals surface area contributed by atoms with Crippen molar-refractivity contribution in [1.29, 1.82) is 0 Å². The van der Waals surface area contributed by atoms with Crippen molar-refractivity contribution in [2.45, 2.75) is 63.8 Å². The van der Waals surface area contributed by atoms with E-state index in [9.17, 15) is 4.79 Å². The molecule has 1 heterocycles. The van der Waals surface area contributed by atoms with Crippen molar-refractivity contribution in [3.05, 3.63) is 21.4 Å². The van der Waals surface area contributed by atoms with E-state index in [0.717, 1.165) is 35.9 Å². The van der Waals surface area contributed by atoms with Gasteiger partial charge in [0.25, 0.3) is 5.91 Å². The van der Waals surface area contributed by atoms with Crippen LogP contribution < -0.4 is 5.32 Å². The van der Waals surface area contributed by atoms with Gasteiger partial charge in [-0.1, -0.05) is 35.7 Å². The molecule has 21 heavy (non-hydrogen) atoms. The van der Waals surface area contributed by atoms with Crippen molar-refractivity contribution in [3.8, 4) is 0 Å². The Morgan fingerprint density at radius 3 is 2.95 bits per heavy atom. The van der Waals surface area contributed by atoms with Gasteiger partial charge in [0.15, 0.2) is 0 Å². The maximum atomic E-state index is 12.7. The van der Waals surface area contributed by atoms with Gasteiger partial charge < -0.3 is 5.32 Å². The first-order valence-electron chi connectivity index (χ1n) is 8.12. The fraction of sp³-hybridized carbons (Fsp3) is 0.706. The summed E-state index contributed by atoms with van der Waals surface area (Å²) in [5, 5.41) is 4.22. The Morgan fingerprint density at radius 1 is 1.43 bits per heavy atom. The Bertz CT molecular complexity index is 503. The molecule has 0 saturated heterocycles. The average molecular weight is 370 g/mol. The second kappa shape index (κ2) is 6.41. The number of hydrogen-bond donors (Lipinski definition) is 1. The number of fused-ring (bicyclic) bond motifs is 1. The molecule has 1 amide bonds. The SMILES string of the molecule is CC1CCCC(CBr)(NC(=O)c2cc3c(s2)CCCC3)C1. The number of rotatable bonds is 3. The summed E-state index contributed by atoms with van der Waals surface area (Å²) in [4.78, 5) is 15.0. The van der Waals surface area contributed by atoms with Crippen LogP contribution in [0.1, 0.15) is 65.6 Å². The van der Waals surface area contributed by atoms with Crippen LogP contribution in [0.3, 0.4) is 0 Å². The molecule has 2 aliphatic carbocycles. The highest BCUT2D eigenvalue weighted by Crippen LogP contribution is 2.35. The zero-order chi connectivity index (χ0) is 14.9. The third-order valence-corrected chi connectivity index (χ3v) is 7.26. The van der Waals surface area contributed by atoms with Gasteiger partial charge in [-0.25, -0.2) is 0 Å². The van der Waals surface area contributed by atoms with Crippen LogP contribution in [0.2, 0.25) is 0 Å². The summed E-state index contributed by atoms with van der Waals surface area (Å²) in [7, 11) is 0. The van der Waals surface area contributed by atoms with Gasteiger partial charge in [-0.05, 0) is 56.1 Å². The van der Waals surface area contributed by atoms with E-state index in [2.05, 4.69) is 34.2 Å². The van der Waals surface area contributed by atoms with Crippen LogP contribution in [0, 0.1) is 5.92 Å². The van der Waals surface area contributed by atoms with E-state index in [0.29, 0.717) is 5.92 Å². The molecular weight excluding hydrogens is 346 g/mol. The van der Waals surface area contributed by atoms with Gasteiger partial charge in [0, 0.05) is 10.2 Å². The number of carbonyl (C=O) groups excluding carboxylic acids is 1. The monoisotopic (exact) mass is 369 g/mol. The number of thiophene rings is 1. The molecule has 1 aromatic heterocycles. The zero-order valence-corrected chi connectivity index (χ0v) is 15.1. The van der Waals surface area contributed by atoms with Crippen molar-refractivity contribution in [1.82, 2.24) is 5.32 Å². The molecule has 2 aliphatic rings. The summed E-state index contributed by atoms with van der Waals surface area (Å²) in [6, 6.07) is 2.14. The average Bonchev–Trinajstić information content (AvgIpc) is 2.91. The molecule has 1 saturated carbocycles. The zero-order valence-electron chi connectivity index (χ0n) is 12.7. The lowest BCUT2D eigenvalue weighted by Crippen LogP contribution is -2.52. The van der Waals surface area contributed by atoms with Gasteiger partial charge in [-0.15, -0.1) is 11.3 Å². The Kier molecular flexibility index (Phi) is 4.75. The number of nitrogens with one attached hydrogen (secondary N) is 1. The molecule has 2 unspecified atom stereocenters.